The number of benzene rings is 2. The van der Waals surface area contributed by atoms with E-state index in [4.69, 9.17) is 0 Å². The van der Waals surface area contributed by atoms with Crippen LogP contribution in [0.5, 0.6) is 0 Å². The highest BCUT2D eigenvalue weighted by molar-refractivity contribution is 5.92. The average Bonchev–Trinajstić information content (AvgIpc) is 2.75. The summed E-state index contributed by atoms with van der Waals surface area (Å²) in [7, 11) is 0. The lowest BCUT2D eigenvalue weighted by atomic mass is 9.67. The van der Waals surface area contributed by atoms with Gasteiger partial charge in [0.15, 0.2) is 0 Å². The van der Waals surface area contributed by atoms with Crippen molar-refractivity contribution in [2.75, 3.05) is 0 Å². The van der Waals surface area contributed by atoms with Crippen LogP contribution >= 0.6 is 0 Å². The molecule has 0 bridgehead atoms. The molecule has 0 saturated heterocycles. The van der Waals surface area contributed by atoms with Crippen LogP contribution in [0.15, 0.2) is 36.4 Å². The second-order valence-electron chi connectivity index (χ2n) is 7.55. The number of hydrogen-bond acceptors (Lipinski definition) is 0. The second kappa shape index (κ2) is 4.62. The van der Waals surface area contributed by atoms with E-state index in [9.17, 15) is 0 Å². The first kappa shape index (κ1) is 13.7. The molecule has 1 aliphatic carbocycles. The third-order valence-corrected chi connectivity index (χ3v) is 5.21. The highest BCUT2D eigenvalue weighted by Gasteiger charge is 2.42. The Morgan fingerprint density at radius 3 is 2.15 bits per heavy atom. The summed E-state index contributed by atoms with van der Waals surface area (Å²) < 4.78 is 0. The van der Waals surface area contributed by atoms with Crippen molar-refractivity contribution in [1.82, 2.24) is 0 Å². The molecule has 0 radical (unpaired) electrons. The highest BCUT2D eigenvalue weighted by Crippen LogP contribution is 2.57. The predicted octanol–water partition coefficient (Wildman–Crippen LogP) is 6.11. The first-order valence-electron chi connectivity index (χ1n) is 7.96. The molecule has 3 rings (SSSR count). The second-order valence-corrected chi connectivity index (χ2v) is 7.55. The Kier molecular flexibility index (Phi) is 3.16. The van der Waals surface area contributed by atoms with E-state index in [1.807, 2.05) is 0 Å². The Morgan fingerprint density at radius 1 is 1.00 bits per heavy atom. The van der Waals surface area contributed by atoms with Gasteiger partial charge in [-0.25, -0.2) is 0 Å². The third kappa shape index (κ3) is 1.89. The summed E-state index contributed by atoms with van der Waals surface area (Å²) in [6.07, 6.45) is 1.25. The van der Waals surface area contributed by atoms with Crippen molar-refractivity contribution in [1.29, 1.82) is 0 Å². The summed E-state index contributed by atoms with van der Waals surface area (Å²) in [6, 6.07) is 13.7. The molecule has 0 saturated carbocycles. The lowest BCUT2D eigenvalue weighted by molar-refractivity contribution is 0.244. The van der Waals surface area contributed by atoms with E-state index in [2.05, 4.69) is 71.0 Å². The Bertz CT molecular complexity index is 625. The van der Waals surface area contributed by atoms with Crippen LogP contribution in [0.1, 0.15) is 64.0 Å². The van der Waals surface area contributed by atoms with Crippen LogP contribution in [0.4, 0.5) is 0 Å². The number of rotatable bonds is 2. The van der Waals surface area contributed by atoms with Gasteiger partial charge in [-0.2, -0.15) is 0 Å². The van der Waals surface area contributed by atoms with Gasteiger partial charge in [-0.05, 0) is 45.1 Å². The van der Waals surface area contributed by atoms with Crippen LogP contribution in [-0.2, 0) is 0 Å². The average molecular weight is 266 g/mol. The molecule has 2 aromatic carbocycles. The van der Waals surface area contributed by atoms with E-state index >= 15 is 0 Å². The standard InChI is InChI=1S/C20H26/c1-6-13(2)17-15-11-7-9-14-10-8-12-16(18(14)15)19(17)20(3,4)5/h7-13,17,19H,6H2,1-5H3. The first-order valence-corrected chi connectivity index (χ1v) is 7.96. The van der Waals surface area contributed by atoms with Crippen molar-refractivity contribution in [3.63, 3.8) is 0 Å². The van der Waals surface area contributed by atoms with E-state index in [-0.39, 0.29) is 0 Å². The quantitative estimate of drug-likeness (QED) is 0.615. The van der Waals surface area contributed by atoms with Crippen LogP contribution in [0.3, 0.4) is 0 Å². The lowest BCUT2D eigenvalue weighted by Crippen LogP contribution is -2.25. The zero-order valence-electron chi connectivity index (χ0n) is 13.4. The summed E-state index contributed by atoms with van der Waals surface area (Å²) in [5.41, 5.74) is 3.48. The van der Waals surface area contributed by atoms with Crippen LogP contribution in [0, 0.1) is 11.3 Å². The van der Waals surface area contributed by atoms with E-state index in [0.717, 1.165) is 5.92 Å². The van der Waals surface area contributed by atoms with Gasteiger partial charge in [0.1, 0.15) is 0 Å². The zero-order valence-corrected chi connectivity index (χ0v) is 13.4. The highest BCUT2D eigenvalue weighted by atomic mass is 14.5. The van der Waals surface area contributed by atoms with Gasteiger partial charge in [0.2, 0.25) is 0 Å². The van der Waals surface area contributed by atoms with Gasteiger partial charge in [-0.1, -0.05) is 77.4 Å². The minimum absolute atomic E-state index is 0.307. The molecule has 20 heavy (non-hydrogen) atoms. The molecule has 1 aliphatic rings. The van der Waals surface area contributed by atoms with Gasteiger partial charge in [-0.3, -0.25) is 0 Å². The third-order valence-electron chi connectivity index (χ3n) is 5.21. The Labute approximate surface area is 123 Å². The SMILES string of the molecule is CCC(C)C1c2cccc3cccc(c23)C1C(C)(C)C. The molecule has 0 spiro atoms. The molecule has 3 unspecified atom stereocenters. The minimum atomic E-state index is 0.307. The van der Waals surface area contributed by atoms with E-state index in [0.29, 0.717) is 17.3 Å². The molecule has 0 nitrogen and oxygen atoms in total. The van der Waals surface area contributed by atoms with Crippen LogP contribution in [-0.4, -0.2) is 0 Å². The van der Waals surface area contributed by atoms with E-state index < -0.39 is 0 Å². The zero-order chi connectivity index (χ0) is 14.5. The first-order chi connectivity index (χ1) is 9.45. The Hall–Kier alpha value is -1.30. The Balaban J connectivity index is 2.29. The van der Waals surface area contributed by atoms with Gasteiger partial charge in [0.05, 0.1) is 0 Å². The van der Waals surface area contributed by atoms with Gasteiger partial charge in [-0.15, -0.1) is 0 Å². The molecule has 0 amide bonds. The molecule has 0 heterocycles. The summed E-state index contributed by atoms with van der Waals surface area (Å²) in [5.74, 6) is 2.04. The molecule has 0 heteroatoms. The van der Waals surface area contributed by atoms with Crippen molar-refractivity contribution in [2.45, 2.75) is 52.9 Å². The largest absolute Gasteiger partial charge is 0.0651 e. The molecule has 0 N–H and O–H groups in total. The van der Waals surface area contributed by atoms with E-state index in [1.54, 1.807) is 16.5 Å². The molecule has 106 valence electrons. The van der Waals surface area contributed by atoms with E-state index in [1.165, 1.54) is 11.8 Å². The molecule has 0 aromatic heterocycles. The molecule has 0 fully saturated rings. The topological polar surface area (TPSA) is 0 Å². The summed E-state index contributed by atoms with van der Waals surface area (Å²) in [6.45, 7) is 12.0. The van der Waals surface area contributed by atoms with Crippen molar-refractivity contribution in [3.8, 4) is 0 Å². The van der Waals surface area contributed by atoms with Crippen LogP contribution in [0.25, 0.3) is 10.8 Å². The maximum atomic E-state index is 2.42. The smallest absolute Gasteiger partial charge is 0.00354 e. The molecular weight excluding hydrogens is 240 g/mol. The fourth-order valence-corrected chi connectivity index (χ4v) is 4.20. The maximum absolute atomic E-state index is 2.42. The van der Waals surface area contributed by atoms with Crippen molar-refractivity contribution in [3.05, 3.63) is 47.5 Å². The molecule has 0 aliphatic heterocycles. The molecular formula is C20H26. The van der Waals surface area contributed by atoms with Crippen LogP contribution < -0.4 is 0 Å². The van der Waals surface area contributed by atoms with Crippen LogP contribution in [0.2, 0.25) is 0 Å². The van der Waals surface area contributed by atoms with Gasteiger partial charge >= 0.3 is 0 Å². The monoisotopic (exact) mass is 266 g/mol. The molecule has 3 atom stereocenters. The number of hydrogen-bond donors (Lipinski definition) is 0. The lowest BCUT2D eigenvalue weighted by Gasteiger charge is -2.36. The summed E-state index contributed by atoms with van der Waals surface area (Å²) in [5, 5.41) is 2.96. The predicted molar refractivity (Wildman–Crippen MR) is 88.3 cm³/mol. The van der Waals surface area contributed by atoms with Crippen molar-refractivity contribution < 1.29 is 0 Å². The maximum Gasteiger partial charge on any atom is -0.00354 e. The fourth-order valence-electron chi connectivity index (χ4n) is 4.20. The van der Waals surface area contributed by atoms with Crippen molar-refractivity contribution >= 4 is 10.8 Å². The van der Waals surface area contributed by atoms with Gasteiger partial charge in [0.25, 0.3) is 0 Å². The van der Waals surface area contributed by atoms with Gasteiger partial charge < -0.3 is 0 Å². The summed E-state index contributed by atoms with van der Waals surface area (Å²) >= 11 is 0. The Morgan fingerprint density at radius 2 is 1.60 bits per heavy atom. The minimum Gasteiger partial charge on any atom is -0.0651 e. The normalized spacial score (nSPS) is 23.2. The molecule has 2 aromatic rings. The summed E-state index contributed by atoms with van der Waals surface area (Å²) in [4.78, 5) is 0. The fraction of sp³-hybridized carbons (Fsp3) is 0.500. The van der Waals surface area contributed by atoms with Crippen molar-refractivity contribution in [2.24, 2.45) is 11.3 Å². The van der Waals surface area contributed by atoms with Gasteiger partial charge in [0, 0.05) is 0 Å².